The van der Waals surface area contributed by atoms with Crippen LogP contribution in [0.5, 0.6) is 0 Å². The molecule has 11 heteroatoms. The van der Waals surface area contributed by atoms with Crippen LogP contribution >= 0.6 is 12.4 Å². The van der Waals surface area contributed by atoms with E-state index in [2.05, 4.69) is 19.9 Å². The quantitative estimate of drug-likeness (QED) is 0.445. The molecular weight excluding hydrogens is 443 g/mol. The molecule has 0 unspecified atom stereocenters. The Balaban J connectivity index is 0.00000272. The summed E-state index contributed by atoms with van der Waals surface area (Å²) in [4.78, 5) is 15.5. The number of benzene rings is 2. The van der Waals surface area contributed by atoms with E-state index in [0.717, 1.165) is 6.33 Å². The van der Waals surface area contributed by atoms with Crippen LogP contribution in [-0.2, 0) is 9.84 Å². The smallest absolute Gasteiger partial charge is 0.226 e. The second-order valence-corrected chi connectivity index (χ2v) is 8.14. The topological polar surface area (TPSA) is 138 Å². The van der Waals surface area contributed by atoms with Crippen LogP contribution in [0, 0.1) is 5.82 Å². The molecule has 4 aromatic rings. The summed E-state index contributed by atoms with van der Waals surface area (Å²) >= 11 is 0. The van der Waals surface area contributed by atoms with Crippen molar-refractivity contribution in [1.29, 1.82) is 0 Å². The Kier molecular flexibility index (Phi) is 6.14. The van der Waals surface area contributed by atoms with Crippen molar-refractivity contribution in [3.8, 4) is 22.4 Å². The van der Waals surface area contributed by atoms with Crippen molar-refractivity contribution in [2.75, 3.05) is 11.5 Å². The fourth-order valence-corrected chi connectivity index (χ4v) is 4.46. The molecule has 0 aliphatic rings. The molecule has 158 valence electrons. The molecule has 0 amide bonds. The second kappa shape index (κ2) is 8.62. The summed E-state index contributed by atoms with van der Waals surface area (Å²) in [5.74, 6) is -0.362. The lowest BCUT2D eigenvalue weighted by Crippen LogP contribution is -2.09. The fourth-order valence-electron chi connectivity index (χ4n) is 2.96. The number of hydrogen-bond acceptors (Lipinski definition) is 8. The van der Waals surface area contributed by atoms with Gasteiger partial charge in [-0.1, -0.05) is 24.3 Å². The zero-order valence-electron chi connectivity index (χ0n) is 15.8. The molecule has 8 nitrogen and oxygen atoms in total. The van der Waals surface area contributed by atoms with Gasteiger partial charge in [-0.05, 0) is 23.8 Å². The molecule has 2 aromatic heterocycles. The summed E-state index contributed by atoms with van der Waals surface area (Å²) in [6.07, 6.45) is 5.01. The minimum atomic E-state index is -4.06. The first kappa shape index (κ1) is 22.1. The number of halogens is 2. The summed E-state index contributed by atoms with van der Waals surface area (Å²) in [5.41, 5.74) is 12.4. The third-order valence-electron chi connectivity index (χ3n) is 4.36. The highest BCUT2D eigenvalue weighted by Gasteiger charge is 2.26. The molecule has 31 heavy (non-hydrogen) atoms. The first-order valence-electron chi connectivity index (χ1n) is 8.65. The van der Waals surface area contributed by atoms with Gasteiger partial charge in [0.15, 0.2) is 5.03 Å². The Labute approximate surface area is 183 Å². The molecule has 0 fully saturated rings. The lowest BCUT2D eigenvalue weighted by Gasteiger charge is -2.12. The first-order chi connectivity index (χ1) is 14.4. The molecule has 0 saturated heterocycles. The van der Waals surface area contributed by atoms with Gasteiger partial charge >= 0.3 is 0 Å². The normalized spacial score (nSPS) is 11.0. The Morgan fingerprint density at radius 1 is 0.871 bits per heavy atom. The van der Waals surface area contributed by atoms with Gasteiger partial charge in [-0.25, -0.2) is 27.8 Å². The zero-order valence-corrected chi connectivity index (χ0v) is 17.4. The lowest BCUT2D eigenvalue weighted by molar-refractivity contribution is 0.592. The molecule has 0 spiro atoms. The molecule has 4 N–H and O–H groups in total. The van der Waals surface area contributed by atoms with Gasteiger partial charge in [0.1, 0.15) is 18.0 Å². The predicted molar refractivity (Wildman–Crippen MR) is 116 cm³/mol. The van der Waals surface area contributed by atoms with E-state index in [1.54, 1.807) is 24.3 Å². The van der Waals surface area contributed by atoms with E-state index in [4.69, 9.17) is 11.5 Å². The standard InChI is InChI=1S/C20H15FN6O2S.ClH/c21-15-7-12(5-6-14(15)17-9-26-19(23)10-25-17)13-3-1-2-4-18(13)30(28,29)20-16(22)8-24-11-27-20;/h1-11H,22H2,(H2,23,26);1H. The van der Waals surface area contributed by atoms with Gasteiger partial charge in [-0.3, -0.25) is 4.98 Å². The molecule has 0 atom stereocenters. The second-order valence-electron chi connectivity index (χ2n) is 6.30. The summed E-state index contributed by atoms with van der Waals surface area (Å²) in [6.45, 7) is 0. The van der Waals surface area contributed by atoms with Gasteiger partial charge in [-0.15, -0.1) is 12.4 Å². The van der Waals surface area contributed by atoms with E-state index in [0.29, 0.717) is 16.8 Å². The maximum absolute atomic E-state index is 14.8. The van der Waals surface area contributed by atoms with Gasteiger partial charge in [0, 0.05) is 11.1 Å². The molecule has 0 bridgehead atoms. The predicted octanol–water partition coefficient (Wildman–Crippen LogP) is 3.16. The minimum Gasteiger partial charge on any atom is -0.395 e. The molecule has 0 aliphatic carbocycles. The molecular formula is C20H16ClFN6O2S. The maximum Gasteiger partial charge on any atom is 0.226 e. The van der Waals surface area contributed by atoms with Gasteiger partial charge in [0.05, 0.1) is 34.9 Å². The highest BCUT2D eigenvalue weighted by Crippen LogP contribution is 2.34. The van der Waals surface area contributed by atoms with Gasteiger partial charge in [-0.2, -0.15) is 0 Å². The van der Waals surface area contributed by atoms with Crippen molar-refractivity contribution in [1.82, 2.24) is 19.9 Å². The number of aromatic nitrogens is 4. The highest BCUT2D eigenvalue weighted by molar-refractivity contribution is 7.91. The Bertz CT molecular complexity index is 1350. The van der Waals surface area contributed by atoms with Crippen LogP contribution in [0.3, 0.4) is 0 Å². The van der Waals surface area contributed by atoms with Crippen molar-refractivity contribution in [2.24, 2.45) is 0 Å². The lowest BCUT2D eigenvalue weighted by atomic mass is 10.0. The van der Waals surface area contributed by atoms with Gasteiger partial charge in [0.2, 0.25) is 9.84 Å². The van der Waals surface area contributed by atoms with E-state index in [9.17, 15) is 12.8 Å². The van der Waals surface area contributed by atoms with Crippen LogP contribution in [0.1, 0.15) is 0 Å². The van der Waals surface area contributed by atoms with E-state index >= 15 is 0 Å². The van der Waals surface area contributed by atoms with E-state index in [1.807, 2.05) is 0 Å². The van der Waals surface area contributed by atoms with E-state index in [-0.39, 0.29) is 39.4 Å². The number of anilines is 2. The van der Waals surface area contributed by atoms with Crippen molar-refractivity contribution in [3.63, 3.8) is 0 Å². The molecule has 0 saturated carbocycles. The molecule has 4 rings (SSSR count). The number of sulfone groups is 1. The fraction of sp³-hybridized carbons (Fsp3) is 0. The van der Waals surface area contributed by atoms with Crippen LogP contribution in [0.25, 0.3) is 22.4 Å². The Morgan fingerprint density at radius 3 is 2.32 bits per heavy atom. The zero-order chi connectivity index (χ0) is 21.3. The van der Waals surface area contributed by atoms with Crippen molar-refractivity contribution >= 4 is 33.7 Å². The SMILES string of the molecule is Cl.Nc1cnc(-c2ccc(-c3ccccc3S(=O)(=O)c3ncncc3N)cc2F)cn1. The number of nitrogens with two attached hydrogens (primary N) is 2. The Hall–Kier alpha value is -3.63. The van der Waals surface area contributed by atoms with E-state index < -0.39 is 15.7 Å². The molecule has 0 radical (unpaired) electrons. The largest absolute Gasteiger partial charge is 0.395 e. The third kappa shape index (κ3) is 4.16. The third-order valence-corrected chi connectivity index (χ3v) is 6.15. The maximum atomic E-state index is 14.8. The minimum absolute atomic E-state index is 0. The van der Waals surface area contributed by atoms with E-state index in [1.165, 1.54) is 36.8 Å². The summed E-state index contributed by atoms with van der Waals surface area (Å²) in [6, 6.07) is 10.6. The number of nitrogen functional groups attached to an aromatic ring is 2. The average Bonchev–Trinajstić information content (AvgIpc) is 2.75. The van der Waals surface area contributed by atoms with Crippen LogP contribution < -0.4 is 11.5 Å². The van der Waals surface area contributed by atoms with Crippen LogP contribution in [-0.4, -0.2) is 28.4 Å². The monoisotopic (exact) mass is 458 g/mol. The summed E-state index contributed by atoms with van der Waals surface area (Å²) in [5, 5.41) is -0.306. The average molecular weight is 459 g/mol. The molecule has 0 aliphatic heterocycles. The molecule has 2 aromatic carbocycles. The summed E-state index contributed by atoms with van der Waals surface area (Å²) in [7, 11) is -4.06. The van der Waals surface area contributed by atoms with Crippen LogP contribution in [0.4, 0.5) is 15.9 Å². The molecule has 2 heterocycles. The van der Waals surface area contributed by atoms with Gasteiger partial charge < -0.3 is 11.5 Å². The number of rotatable bonds is 4. The first-order valence-corrected chi connectivity index (χ1v) is 10.1. The van der Waals surface area contributed by atoms with Crippen molar-refractivity contribution in [3.05, 3.63) is 73.2 Å². The number of hydrogen-bond donors (Lipinski definition) is 2. The van der Waals surface area contributed by atoms with Gasteiger partial charge in [0.25, 0.3) is 0 Å². The van der Waals surface area contributed by atoms with Crippen LogP contribution in [0.15, 0.2) is 77.3 Å². The van der Waals surface area contributed by atoms with Crippen molar-refractivity contribution < 1.29 is 12.8 Å². The number of nitrogens with zero attached hydrogens (tertiary/aromatic N) is 4. The summed E-state index contributed by atoms with van der Waals surface area (Å²) < 4.78 is 41.2. The van der Waals surface area contributed by atoms with Crippen molar-refractivity contribution in [2.45, 2.75) is 9.92 Å². The highest BCUT2D eigenvalue weighted by atomic mass is 35.5. The van der Waals surface area contributed by atoms with Crippen LogP contribution in [0.2, 0.25) is 0 Å². The Morgan fingerprint density at radius 2 is 1.65 bits per heavy atom.